The van der Waals surface area contributed by atoms with E-state index < -0.39 is 9.03 Å². The Morgan fingerprint density at radius 1 is 0.606 bits per heavy atom. The molecule has 1 unspecified atom stereocenters. The smallest absolute Gasteiger partial charge is 0.219 e. The zero-order valence-electron chi connectivity index (χ0n) is 22.1. The summed E-state index contributed by atoms with van der Waals surface area (Å²) in [6, 6.07) is 0. The van der Waals surface area contributed by atoms with E-state index in [1.807, 2.05) is 0 Å². The minimum Gasteiger partial charge on any atom is -0.356 e. The summed E-state index contributed by atoms with van der Waals surface area (Å²) in [6.07, 6.45) is 31.2. The molecule has 1 atom stereocenters. The van der Waals surface area contributed by atoms with E-state index in [0.29, 0.717) is 13.0 Å². The van der Waals surface area contributed by atoms with Gasteiger partial charge in [-0.25, -0.2) is 0 Å². The van der Waals surface area contributed by atoms with Gasteiger partial charge in [-0.2, -0.15) is 0 Å². The SMILES string of the molecule is CCCCCCCCCCCCCCCCCCCCCC(=O)NCCCCCCOPO. The van der Waals surface area contributed by atoms with Crippen LogP contribution in [0.1, 0.15) is 161 Å². The molecule has 0 fully saturated rings. The molecular weight excluding hydrogens is 429 g/mol. The maximum absolute atomic E-state index is 11.8. The van der Waals surface area contributed by atoms with E-state index in [1.54, 1.807) is 0 Å². The molecule has 0 aliphatic heterocycles. The standard InChI is InChI=1S/C28H58NO3P/c1-2-3-4-5-6-7-8-9-10-11-12-13-14-15-16-17-18-19-22-25-28(30)29-26-23-20-21-24-27-32-33-31/h31,33H,2-27H2,1H3,(H,29,30). The van der Waals surface area contributed by atoms with Gasteiger partial charge in [0, 0.05) is 13.0 Å². The summed E-state index contributed by atoms with van der Waals surface area (Å²) in [6.45, 7) is 3.72. The van der Waals surface area contributed by atoms with E-state index in [4.69, 9.17) is 9.42 Å². The van der Waals surface area contributed by atoms with E-state index in [0.717, 1.165) is 38.6 Å². The Balaban J connectivity index is 3.11. The second-order valence-electron chi connectivity index (χ2n) is 9.82. The molecule has 0 aromatic heterocycles. The highest BCUT2D eigenvalue weighted by atomic mass is 31.1. The van der Waals surface area contributed by atoms with Crippen LogP contribution in [0.4, 0.5) is 0 Å². The lowest BCUT2D eigenvalue weighted by molar-refractivity contribution is -0.121. The Kier molecular flexibility index (Phi) is 29.7. The Morgan fingerprint density at radius 2 is 1.00 bits per heavy atom. The van der Waals surface area contributed by atoms with Crippen molar-refractivity contribution >= 4 is 14.9 Å². The lowest BCUT2D eigenvalue weighted by Gasteiger charge is -2.06. The van der Waals surface area contributed by atoms with Gasteiger partial charge in [0.15, 0.2) is 9.03 Å². The quantitative estimate of drug-likeness (QED) is 0.0855. The molecule has 1 amide bonds. The second-order valence-corrected chi connectivity index (χ2v) is 10.3. The molecule has 0 saturated heterocycles. The summed E-state index contributed by atoms with van der Waals surface area (Å²) in [7, 11) is -0.393. The highest BCUT2D eigenvalue weighted by Crippen LogP contribution is 2.15. The summed E-state index contributed by atoms with van der Waals surface area (Å²) >= 11 is 0. The van der Waals surface area contributed by atoms with Gasteiger partial charge in [-0.15, -0.1) is 0 Å². The lowest BCUT2D eigenvalue weighted by atomic mass is 10.0. The molecule has 0 bridgehead atoms. The molecule has 0 aliphatic rings. The number of hydrogen-bond donors (Lipinski definition) is 2. The molecular formula is C28H58NO3P. The van der Waals surface area contributed by atoms with Crippen LogP contribution in [0.3, 0.4) is 0 Å². The Morgan fingerprint density at radius 3 is 1.45 bits per heavy atom. The van der Waals surface area contributed by atoms with Crippen molar-refractivity contribution in [2.75, 3.05) is 13.2 Å². The molecule has 5 heteroatoms. The van der Waals surface area contributed by atoms with E-state index in [1.165, 1.54) is 116 Å². The molecule has 0 spiro atoms. The minimum absolute atomic E-state index is 0.215. The highest BCUT2D eigenvalue weighted by Gasteiger charge is 2.01. The highest BCUT2D eigenvalue weighted by molar-refractivity contribution is 7.24. The van der Waals surface area contributed by atoms with Crippen molar-refractivity contribution < 1.29 is 14.2 Å². The second kappa shape index (κ2) is 29.9. The lowest BCUT2D eigenvalue weighted by Crippen LogP contribution is -2.23. The number of nitrogens with one attached hydrogen (secondary N) is 1. The number of hydrogen-bond acceptors (Lipinski definition) is 3. The fourth-order valence-corrected chi connectivity index (χ4v) is 4.61. The van der Waals surface area contributed by atoms with Crippen molar-refractivity contribution in [3.05, 3.63) is 0 Å². The molecule has 198 valence electrons. The predicted molar refractivity (Wildman–Crippen MR) is 146 cm³/mol. The maximum Gasteiger partial charge on any atom is 0.219 e. The molecule has 33 heavy (non-hydrogen) atoms. The van der Waals surface area contributed by atoms with Gasteiger partial charge in [0.05, 0.1) is 6.61 Å². The Labute approximate surface area is 208 Å². The summed E-state index contributed by atoms with van der Waals surface area (Å²) in [5.41, 5.74) is 0. The van der Waals surface area contributed by atoms with Crippen LogP contribution in [0.25, 0.3) is 0 Å². The monoisotopic (exact) mass is 487 g/mol. The third-order valence-corrected chi connectivity index (χ3v) is 6.90. The molecule has 4 nitrogen and oxygen atoms in total. The molecule has 0 aliphatic carbocycles. The van der Waals surface area contributed by atoms with Crippen LogP contribution in [0, 0.1) is 0 Å². The van der Waals surface area contributed by atoms with Gasteiger partial charge >= 0.3 is 0 Å². The van der Waals surface area contributed by atoms with Crippen LogP contribution in [0.5, 0.6) is 0 Å². The average Bonchev–Trinajstić information content (AvgIpc) is 2.82. The first-order chi connectivity index (χ1) is 16.3. The van der Waals surface area contributed by atoms with Gasteiger partial charge in [0.2, 0.25) is 5.91 Å². The van der Waals surface area contributed by atoms with Crippen LogP contribution in [-0.2, 0) is 9.32 Å². The first-order valence-electron chi connectivity index (χ1n) is 14.6. The first-order valence-corrected chi connectivity index (χ1v) is 15.4. The summed E-state index contributed by atoms with van der Waals surface area (Å²) in [5, 5.41) is 3.03. The zero-order valence-corrected chi connectivity index (χ0v) is 23.1. The minimum atomic E-state index is -0.393. The fourth-order valence-electron chi connectivity index (χ4n) is 4.38. The number of rotatable bonds is 28. The summed E-state index contributed by atoms with van der Waals surface area (Å²) in [4.78, 5) is 20.4. The topological polar surface area (TPSA) is 58.6 Å². The van der Waals surface area contributed by atoms with Crippen molar-refractivity contribution in [2.45, 2.75) is 161 Å². The van der Waals surface area contributed by atoms with Gasteiger partial charge in [-0.3, -0.25) is 4.79 Å². The van der Waals surface area contributed by atoms with Crippen LogP contribution >= 0.6 is 9.03 Å². The van der Waals surface area contributed by atoms with Gasteiger partial charge in [-0.1, -0.05) is 135 Å². The molecule has 0 aromatic carbocycles. The maximum atomic E-state index is 11.8. The molecule has 0 aromatic rings. The van der Waals surface area contributed by atoms with Crippen LogP contribution < -0.4 is 5.32 Å². The third kappa shape index (κ3) is 29.8. The molecule has 2 N–H and O–H groups in total. The van der Waals surface area contributed by atoms with E-state index in [-0.39, 0.29) is 5.91 Å². The Bertz CT molecular complexity index is 382. The third-order valence-electron chi connectivity index (χ3n) is 6.57. The Hall–Kier alpha value is -0.180. The van der Waals surface area contributed by atoms with Crippen LogP contribution in [-0.4, -0.2) is 24.0 Å². The summed E-state index contributed by atoms with van der Waals surface area (Å²) in [5.74, 6) is 0.215. The first kappa shape index (κ1) is 32.8. The van der Waals surface area contributed by atoms with Crippen LogP contribution in [0.2, 0.25) is 0 Å². The largest absolute Gasteiger partial charge is 0.356 e. The number of amides is 1. The van der Waals surface area contributed by atoms with Gasteiger partial charge in [0.1, 0.15) is 0 Å². The van der Waals surface area contributed by atoms with E-state index in [2.05, 4.69) is 12.2 Å². The van der Waals surface area contributed by atoms with E-state index in [9.17, 15) is 4.79 Å². The van der Waals surface area contributed by atoms with Crippen LogP contribution in [0.15, 0.2) is 0 Å². The van der Waals surface area contributed by atoms with Crippen molar-refractivity contribution in [3.8, 4) is 0 Å². The number of carbonyl (C=O) groups is 1. The van der Waals surface area contributed by atoms with Gasteiger partial charge < -0.3 is 14.7 Å². The average molecular weight is 488 g/mol. The predicted octanol–water partition coefficient (Wildman–Crippen LogP) is 9.00. The van der Waals surface area contributed by atoms with Crippen molar-refractivity contribution in [1.29, 1.82) is 0 Å². The molecule has 0 heterocycles. The number of unbranched alkanes of at least 4 members (excludes halogenated alkanes) is 21. The van der Waals surface area contributed by atoms with Crippen molar-refractivity contribution in [1.82, 2.24) is 5.32 Å². The van der Waals surface area contributed by atoms with Gasteiger partial charge in [0.25, 0.3) is 0 Å². The van der Waals surface area contributed by atoms with Crippen molar-refractivity contribution in [3.63, 3.8) is 0 Å². The van der Waals surface area contributed by atoms with Crippen molar-refractivity contribution in [2.24, 2.45) is 0 Å². The normalized spacial score (nSPS) is 11.6. The molecule has 0 radical (unpaired) electrons. The summed E-state index contributed by atoms with van der Waals surface area (Å²) < 4.78 is 4.92. The fraction of sp³-hybridized carbons (Fsp3) is 0.964. The zero-order chi connectivity index (χ0) is 24.1. The van der Waals surface area contributed by atoms with Gasteiger partial charge in [-0.05, 0) is 19.3 Å². The van der Waals surface area contributed by atoms with E-state index >= 15 is 0 Å². The molecule has 0 saturated carbocycles. The number of carbonyl (C=O) groups excluding carboxylic acids is 1. The molecule has 0 rings (SSSR count).